The predicted molar refractivity (Wildman–Crippen MR) is 79.5 cm³/mol. The van der Waals surface area contributed by atoms with Crippen molar-refractivity contribution in [2.24, 2.45) is 0 Å². The Labute approximate surface area is 121 Å². The van der Waals surface area contributed by atoms with Gasteiger partial charge in [-0.1, -0.05) is 6.92 Å². The molecule has 0 aromatic carbocycles. The molecule has 0 bridgehead atoms. The highest BCUT2D eigenvalue weighted by atomic mass is 32.2. The molecular formula is C13H25N3O3S. The Morgan fingerprint density at radius 2 is 2.15 bits per heavy atom. The smallest absolute Gasteiger partial charge is 0.152 e. The molecule has 0 unspecified atom stereocenters. The molecule has 7 heteroatoms. The summed E-state index contributed by atoms with van der Waals surface area (Å²) >= 11 is 0. The molecule has 1 N–H and O–H groups in total. The molecular weight excluding hydrogens is 278 g/mol. The van der Waals surface area contributed by atoms with E-state index < -0.39 is 9.84 Å². The van der Waals surface area contributed by atoms with Gasteiger partial charge in [0, 0.05) is 38.7 Å². The zero-order valence-corrected chi connectivity index (χ0v) is 13.4. The highest BCUT2D eigenvalue weighted by molar-refractivity contribution is 7.91. The minimum atomic E-state index is -2.96. The third-order valence-electron chi connectivity index (χ3n) is 3.07. The Kier molecular flexibility index (Phi) is 7.18. The fourth-order valence-electron chi connectivity index (χ4n) is 2.00. The molecule has 0 aliphatic carbocycles. The van der Waals surface area contributed by atoms with Gasteiger partial charge in [0.25, 0.3) is 0 Å². The SMILES string of the molecule is CCCS(=O)(=O)CCn1c(CNCCOC)cnc1C. The molecule has 0 spiro atoms. The molecule has 1 aromatic rings. The summed E-state index contributed by atoms with van der Waals surface area (Å²) in [6.07, 6.45) is 2.46. The van der Waals surface area contributed by atoms with Gasteiger partial charge in [-0.05, 0) is 13.3 Å². The van der Waals surface area contributed by atoms with Crippen molar-refractivity contribution in [3.05, 3.63) is 17.7 Å². The number of hydrogen-bond donors (Lipinski definition) is 1. The van der Waals surface area contributed by atoms with Crippen LogP contribution in [-0.2, 0) is 27.7 Å². The quantitative estimate of drug-likeness (QED) is 0.646. The number of methoxy groups -OCH3 is 1. The Balaban J connectivity index is 2.58. The zero-order valence-electron chi connectivity index (χ0n) is 12.6. The molecule has 0 radical (unpaired) electrons. The van der Waals surface area contributed by atoms with Crippen LogP contribution in [0.15, 0.2) is 6.20 Å². The lowest BCUT2D eigenvalue weighted by atomic mass is 10.4. The molecule has 1 rings (SSSR count). The first-order chi connectivity index (χ1) is 9.50. The van der Waals surface area contributed by atoms with Gasteiger partial charge in [-0.3, -0.25) is 0 Å². The molecule has 0 atom stereocenters. The molecule has 6 nitrogen and oxygen atoms in total. The van der Waals surface area contributed by atoms with E-state index in [2.05, 4.69) is 10.3 Å². The van der Waals surface area contributed by atoms with Gasteiger partial charge in [0.15, 0.2) is 9.84 Å². The summed E-state index contributed by atoms with van der Waals surface area (Å²) in [5.41, 5.74) is 1.00. The second-order valence-electron chi connectivity index (χ2n) is 4.77. The van der Waals surface area contributed by atoms with E-state index in [9.17, 15) is 8.42 Å². The van der Waals surface area contributed by atoms with E-state index in [0.29, 0.717) is 26.1 Å². The van der Waals surface area contributed by atoms with Crippen LogP contribution >= 0.6 is 0 Å². The van der Waals surface area contributed by atoms with Crippen molar-refractivity contribution in [2.45, 2.75) is 33.4 Å². The Morgan fingerprint density at radius 1 is 1.40 bits per heavy atom. The summed E-state index contributed by atoms with van der Waals surface area (Å²) in [4.78, 5) is 4.26. The summed E-state index contributed by atoms with van der Waals surface area (Å²) < 4.78 is 30.5. The number of aromatic nitrogens is 2. The highest BCUT2D eigenvalue weighted by Gasteiger charge is 2.12. The van der Waals surface area contributed by atoms with Crippen LogP contribution in [0.1, 0.15) is 24.9 Å². The fourth-order valence-corrected chi connectivity index (χ4v) is 3.28. The largest absolute Gasteiger partial charge is 0.383 e. The van der Waals surface area contributed by atoms with Gasteiger partial charge in [-0.2, -0.15) is 0 Å². The maximum Gasteiger partial charge on any atom is 0.152 e. The van der Waals surface area contributed by atoms with Gasteiger partial charge in [0.05, 0.1) is 18.1 Å². The molecule has 1 heterocycles. The number of aryl methyl sites for hydroxylation is 1. The van der Waals surface area contributed by atoms with Crippen LogP contribution in [0.2, 0.25) is 0 Å². The van der Waals surface area contributed by atoms with Crippen molar-refractivity contribution < 1.29 is 13.2 Å². The monoisotopic (exact) mass is 303 g/mol. The van der Waals surface area contributed by atoms with Crippen LogP contribution in [0.25, 0.3) is 0 Å². The normalized spacial score (nSPS) is 11.9. The molecule has 0 aliphatic heterocycles. The standard InChI is InChI=1S/C13H25N3O3S/c1-4-8-20(17,18)9-6-16-12(2)15-11-13(16)10-14-5-7-19-3/h11,14H,4-10H2,1-3H3. The van der Waals surface area contributed by atoms with Crippen molar-refractivity contribution in [1.82, 2.24) is 14.9 Å². The van der Waals surface area contributed by atoms with E-state index in [1.54, 1.807) is 13.3 Å². The lowest BCUT2D eigenvalue weighted by Gasteiger charge is -2.11. The Hall–Kier alpha value is -0.920. The molecule has 0 amide bonds. The second kappa shape index (κ2) is 8.39. The van der Waals surface area contributed by atoms with Gasteiger partial charge in [-0.15, -0.1) is 0 Å². The summed E-state index contributed by atoms with van der Waals surface area (Å²) in [5.74, 6) is 1.27. The first-order valence-electron chi connectivity index (χ1n) is 6.91. The van der Waals surface area contributed by atoms with Gasteiger partial charge < -0.3 is 14.6 Å². The van der Waals surface area contributed by atoms with E-state index in [-0.39, 0.29) is 11.5 Å². The van der Waals surface area contributed by atoms with Crippen molar-refractivity contribution >= 4 is 9.84 Å². The summed E-state index contributed by atoms with van der Waals surface area (Å²) in [7, 11) is -1.30. The topological polar surface area (TPSA) is 73.2 Å². The van der Waals surface area contributed by atoms with Crippen LogP contribution < -0.4 is 5.32 Å². The maximum atomic E-state index is 11.8. The van der Waals surface area contributed by atoms with Crippen LogP contribution in [0.4, 0.5) is 0 Å². The van der Waals surface area contributed by atoms with Gasteiger partial charge in [0.1, 0.15) is 5.82 Å². The summed E-state index contributed by atoms with van der Waals surface area (Å²) in [5, 5.41) is 3.24. The Morgan fingerprint density at radius 3 is 2.80 bits per heavy atom. The fraction of sp³-hybridized carbons (Fsp3) is 0.769. The minimum absolute atomic E-state index is 0.170. The third-order valence-corrected chi connectivity index (χ3v) is 4.90. The molecule has 20 heavy (non-hydrogen) atoms. The lowest BCUT2D eigenvalue weighted by molar-refractivity contribution is 0.199. The van der Waals surface area contributed by atoms with Crippen molar-refractivity contribution in [2.75, 3.05) is 31.8 Å². The first-order valence-corrected chi connectivity index (χ1v) is 8.73. The molecule has 1 aromatic heterocycles. The van der Waals surface area contributed by atoms with Crippen LogP contribution in [0, 0.1) is 6.92 Å². The van der Waals surface area contributed by atoms with E-state index in [1.807, 2.05) is 18.4 Å². The van der Waals surface area contributed by atoms with E-state index >= 15 is 0 Å². The van der Waals surface area contributed by atoms with Gasteiger partial charge >= 0.3 is 0 Å². The molecule has 0 saturated carbocycles. The average molecular weight is 303 g/mol. The zero-order chi connectivity index (χ0) is 15.0. The van der Waals surface area contributed by atoms with Crippen LogP contribution in [0.3, 0.4) is 0 Å². The summed E-state index contributed by atoms with van der Waals surface area (Å²) in [6, 6.07) is 0. The number of hydrogen-bond acceptors (Lipinski definition) is 5. The number of rotatable bonds is 10. The first kappa shape index (κ1) is 17.1. The number of ether oxygens (including phenoxy) is 1. The van der Waals surface area contributed by atoms with Crippen molar-refractivity contribution in [1.29, 1.82) is 0 Å². The molecule has 0 saturated heterocycles. The number of sulfone groups is 1. The van der Waals surface area contributed by atoms with Crippen molar-refractivity contribution in [3.63, 3.8) is 0 Å². The van der Waals surface area contributed by atoms with Crippen LogP contribution in [0.5, 0.6) is 0 Å². The van der Waals surface area contributed by atoms with Crippen LogP contribution in [-0.4, -0.2) is 49.7 Å². The average Bonchev–Trinajstić information content (AvgIpc) is 2.73. The second-order valence-corrected chi connectivity index (χ2v) is 7.07. The highest BCUT2D eigenvalue weighted by Crippen LogP contribution is 2.06. The van der Waals surface area contributed by atoms with E-state index in [0.717, 1.165) is 18.1 Å². The lowest BCUT2D eigenvalue weighted by Crippen LogP contribution is -2.22. The summed E-state index contributed by atoms with van der Waals surface area (Å²) in [6.45, 7) is 6.32. The number of nitrogens with one attached hydrogen (secondary N) is 1. The predicted octanol–water partition coefficient (Wildman–Crippen LogP) is 0.752. The molecule has 116 valence electrons. The van der Waals surface area contributed by atoms with E-state index in [4.69, 9.17) is 4.74 Å². The van der Waals surface area contributed by atoms with Crippen molar-refractivity contribution in [3.8, 4) is 0 Å². The molecule has 0 fully saturated rings. The van der Waals surface area contributed by atoms with E-state index in [1.165, 1.54) is 0 Å². The minimum Gasteiger partial charge on any atom is -0.383 e. The number of imidazole rings is 1. The third kappa shape index (κ3) is 5.60. The number of nitrogens with zero attached hydrogens (tertiary/aromatic N) is 2. The van der Waals surface area contributed by atoms with Gasteiger partial charge in [-0.25, -0.2) is 13.4 Å². The Bertz CT molecular complexity index is 497. The molecule has 0 aliphatic rings. The maximum absolute atomic E-state index is 11.8. The van der Waals surface area contributed by atoms with Gasteiger partial charge in [0.2, 0.25) is 0 Å².